The predicted molar refractivity (Wildman–Crippen MR) is 82.9 cm³/mol. The van der Waals surface area contributed by atoms with Crippen LogP contribution >= 0.6 is 11.6 Å². The minimum absolute atomic E-state index is 0.506. The maximum atomic E-state index is 6.32. The second-order valence-electron chi connectivity index (χ2n) is 4.88. The Hall–Kier alpha value is -1.84. The summed E-state index contributed by atoms with van der Waals surface area (Å²) in [5.41, 5.74) is 9.89. The van der Waals surface area contributed by atoms with Crippen LogP contribution in [0.3, 0.4) is 0 Å². The van der Waals surface area contributed by atoms with Gasteiger partial charge in [-0.2, -0.15) is 0 Å². The fraction of sp³-hybridized carbons (Fsp3) is 0.188. The molecule has 0 saturated heterocycles. The molecule has 0 atom stereocenters. The number of rotatable bonds is 3. The van der Waals surface area contributed by atoms with Crippen LogP contribution < -0.4 is 5.73 Å². The lowest BCUT2D eigenvalue weighted by atomic mass is 10.1. The van der Waals surface area contributed by atoms with Gasteiger partial charge in [-0.15, -0.1) is 0 Å². The number of nitrogens with zero attached hydrogens (tertiary/aromatic N) is 2. The van der Waals surface area contributed by atoms with E-state index < -0.39 is 0 Å². The van der Waals surface area contributed by atoms with E-state index in [9.17, 15) is 0 Å². The molecule has 1 heterocycles. The summed E-state index contributed by atoms with van der Waals surface area (Å²) in [6.45, 7) is 0.506. The molecule has 1 aromatic heterocycles. The zero-order valence-electron chi connectivity index (χ0n) is 11.3. The van der Waals surface area contributed by atoms with Crippen molar-refractivity contribution in [1.29, 1.82) is 0 Å². The maximum Gasteiger partial charge on any atom is 0.114 e. The van der Waals surface area contributed by atoms with Crippen molar-refractivity contribution in [2.45, 2.75) is 13.0 Å². The molecule has 0 radical (unpaired) electrons. The van der Waals surface area contributed by atoms with Crippen molar-refractivity contribution in [3.63, 3.8) is 0 Å². The topological polar surface area (TPSA) is 43.8 Å². The Kier molecular flexibility index (Phi) is 3.47. The quantitative estimate of drug-likeness (QED) is 0.802. The van der Waals surface area contributed by atoms with Gasteiger partial charge in [0.25, 0.3) is 0 Å². The first kappa shape index (κ1) is 13.2. The molecule has 0 spiro atoms. The molecule has 3 aromatic rings. The number of halogens is 1. The molecule has 0 aliphatic carbocycles. The summed E-state index contributed by atoms with van der Waals surface area (Å²) < 4.78 is 2.11. The average molecular weight is 286 g/mol. The first-order valence-electron chi connectivity index (χ1n) is 6.56. The van der Waals surface area contributed by atoms with Gasteiger partial charge in [-0.3, -0.25) is 0 Å². The molecule has 102 valence electrons. The van der Waals surface area contributed by atoms with Gasteiger partial charge in [-0.1, -0.05) is 35.9 Å². The van der Waals surface area contributed by atoms with Crippen molar-refractivity contribution >= 4 is 22.6 Å². The average Bonchev–Trinajstić information content (AvgIpc) is 2.78. The molecule has 0 amide bonds. The summed E-state index contributed by atoms with van der Waals surface area (Å²) in [5, 5.41) is 0.750. The van der Waals surface area contributed by atoms with Crippen LogP contribution in [0.2, 0.25) is 5.02 Å². The van der Waals surface area contributed by atoms with Crippen molar-refractivity contribution in [2.24, 2.45) is 12.8 Å². The minimum atomic E-state index is 0.506. The molecule has 0 saturated carbocycles. The number of hydrogen-bond acceptors (Lipinski definition) is 2. The largest absolute Gasteiger partial charge is 0.331 e. The molecule has 2 N–H and O–H groups in total. The van der Waals surface area contributed by atoms with Crippen molar-refractivity contribution in [3.8, 4) is 0 Å². The van der Waals surface area contributed by atoms with Crippen molar-refractivity contribution in [2.75, 3.05) is 0 Å². The smallest absolute Gasteiger partial charge is 0.114 e. The third kappa shape index (κ3) is 2.30. The zero-order valence-corrected chi connectivity index (χ0v) is 12.1. The van der Waals surface area contributed by atoms with E-state index in [1.165, 1.54) is 0 Å². The van der Waals surface area contributed by atoms with Crippen LogP contribution in [0.25, 0.3) is 11.0 Å². The van der Waals surface area contributed by atoms with Crippen LogP contribution in [0, 0.1) is 0 Å². The summed E-state index contributed by atoms with van der Waals surface area (Å²) in [4.78, 5) is 4.67. The molecule has 3 rings (SSSR count). The van der Waals surface area contributed by atoms with Crippen molar-refractivity contribution in [1.82, 2.24) is 9.55 Å². The van der Waals surface area contributed by atoms with Gasteiger partial charge in [0.05, 0.1) is 11.0 Å². The summed E-state index contributed by atoms with van der Waals surface area (Å²) in [6.07, 6.45) is 0.717. The van der Waals surface area contributed by atoms with Crippen molar-refractivity contribution in [3.05, 3.63) is 64.4 Å². The lowest BCUT2D eigenvalue weighted by molar-refractivity contribution is 0.844. The Labute approximate surface area is 123 Å². The van der Waals surface area contributed by atoms with Gasteiger partial charge < -0.3 is 10.3 Å². The Bertz CT molecular complexity index is 762. The summed E-state index contributed by atoms with van der Waals surface area (Å²) in [7, 11) is 2.03. The second kappa shape index (κ2) is 5.27. The molecule has 0 aliphatic heterocycles. The lowest BCUT2D eigenvalue weighted by Gasteiger charge is -2.06. The van der Waals surface area contributed by atoms with Crippen molar-refractivity contribution < 1.29 is 0 Å². The first-order chi connectivity index (χ1) is 9.69. The number of fused-ring (bicyclic) bond motifs is 1. The number of para-hydroxylation sites is 2. The van der Waals surface area contributed by atoms with Gasteiger partial charge in [-0.05, 0) is 29.3 Å². The van der Waals surface area contributed by atoms with E-state index in [-0.39, 0.29) is 0 Å². The van der Waals surface area contributed by atoms with E-state index in [1.54, 1.807) is 0 Å². The number of nitrogens with two attached hydrogens (primary N) is 1. The highest BCUT2D eigenvalue weighted by atomic mass is 35.5. The van der Waals surface area contributed by atoms with E-state index in [0.29, 0.717) is 6.54 Å². The van der Waals surface area contributed by atoms with E-state index in [0.717, 1.165) is 39.4 Å². The Morgan fingerprint density at radius 2 is 2.00 bits per heavy atom. The number of aryl methyl sites for hydroxylation is 1. The van der Waals surface area contributed by atoms with Crippen LogP contribution in [-0.4, -0.2) is 9.55 Å². The van der Waals surface area contributed by atoms with Gasteiger partial charge in [-0.25, -0.2) is 4.98 Å². The summed E-state index contributed by atoms with van der Waals surface area (Å²) in [5.74, 6) is 1.01. The number of benzene rings is 2. The normalized spacial score (nSPS) is 11.2. The van der Waals surface area contributed by atoms with Crippen LogP contribution in [0.1, 0.15) is 17.0 Å². The molecule has 2 aromatic carbocycles. The molecule has 0 fully saturated rings. The fourth-order valence-electron chi connectivity index (χ4n) is 2.39. The standard InChI is InChI=1S/C16H16ClN3/c1-20-15-5-3-2-4-14(15)19-16(20)9-12-7-6-11(10-18)8-13(12)17/h2-8H,9-10,18H2,1H3. The Morgan fingerprint density at radius 1 is 1.20 bits per heavy atom. The van der Waals surface area contributed by atoms with Gasteiger partial charge in [0.2, 0.25) is 0 Å². The minimum Gasteiger partial charge on any atom is -0.331 e. The second-order valence-corrected chi connectivity index (χ2v) is 5.29. The SMILES string of the molecule is Cn1c(Cc2ccc(CN)cc2Cl)nc2ccccc21. The van der Waals surface area contributed by atoms with Crippen LogP contribution in [0.15, 0.2) is 42.5 Å². The molecule has 20 heavy (non-hydrogen) atoms. The van der Waals surface area contributed by atoms with Crippen LogP contribution in [0.4, 0.5) is 0 Å². The summed E-state index contributed by atoms with van der Waals surface area (Å²) >= 11 is 6.32. The predicted octanol–water partition coefficient (Wildman–Crippen LogP) is 3.28. The highest BCUT2D eigenvalue weighted by Crippen LogP contribution is 2.22. The molecule has 0 bridgehead atoms. The lowest BCUT2D eigenvalue weighted by Crippen LogP contribution is -2.01. The fourth-order valence-corrected chi connectivity index (χ4v) is 2.65. The monoisotopic (exact) mass is 285 g/mol. The highest BCUT2D eigenvalue weighted by molar-refractivity contribution is 6.31. The Balaban J connectivity index is 1.99. The summed E-state index contributed by atoms with van der Waals surface area (Å²) in [6, 6.07) is 14.1. The zero-order chi connectivity index (χ0) is 14.1. The van der Waals surface area contributed by atoms with Gasteiger partial charge >= 0.3 is 0 Å². The van der Waals surface area contributed by atoms with E-state index >= 15 is 0 Å². The molecule has 0 aliphatic rings. The number of imidazole rings is 1. The van der Waals surface area contributed by atoms with Gasteiger partial charge in [0, 0.05) is 25.0 Å². The highest BCUT2D eigenvalue weighted by Gasteiger charge is 2.10. The molecule has 0 unspecified atom stereocenters. The van der Waals surface area contributed by atoms with E-state index in [1.807, 2.05) is 43.4 Å². The Morgan fingerprint density at radius 3 is 2.70 bits per heavy atom. The maximum absolute atomic E-state index is 6.32. The molecule has 3 nitrogen and oxygen atoms in total. The molecular formula is C16H16ClN3. The molecule has 4 heteroatoms. The van der Waals surface area contributed by atoms with Gasteiger partial charge in [0.1, 0.15) is 5.82 Å². The first-order valence-corrected chi connectivity index (χ1v) is 6.94. The van der Waals surface area contributed by atoms with Crippen LogP contribution in [0.5, 0.6) is 0 Å². The number of aromatic nitrogens is 2. The van der Waals surface area contributed by atoms with Gasteiger partial charge in [0.15, 0.2) is 0 Å². The third-order valence-corrected chi connectivity index (χ3v) is 3.93. The van der Waals surface area contributed by atoms with E-state index in [4.69, 9.17) is 17.3 Å². The van der Waals surface area contributed by atoms with Crippen LogP contribution in [-0.2, 0) is 20.0 Å². The molecular weight excluding hydrogens is 270 g/mol. The third-order valence-electron chi connectivity index (χ3n) is 3.58. The number of hydrogen-bond donors (Lipinski definition) is 1. The van der Waals surface area contributed by atoms with E-state index in [2.05, 4.69) is 15.6 Å².